The minimum absolute atomic E-state index is 0.00000567. The lowest BCUT2D eigenvalue weighted by Gasteiger charge is -2.10. The zero-order valence-corrected chi connectivity index (χ0v) is 11.4. The Morgan fingerprint density at radius 1 is 1.37 bits per heavy atom. The van der Waals surface area contributed by atoms with E-state index < -0.39 is 0 Å². The van der Waals surface area contributed by atoms with Gasteiger partial charge < -0.3 is 0 Å². The second-order valence-electron chi connectivity index (χ2n) is 4.33. The van der Waals surface area contributed by atoms with Gasteiger partial charge in [-0.3, -0.25) is 9.69 Å². The summed E-state index contributed by atoms with van der Waals surface area (Å²) in [5, 5.41) is 2.36. The van der Waals surface area contributed by atoms with Gasteiger partial charge in [0.25, 0.3) is 0 Å². The quantitative estimate of drug-likeness (QED) is 0.797. The first kappa shape index (κ1) is 12.6. The van der Waals surface area contributed by atoms with Crippen LogP contribution in [0.25, 0.3) is 11.3 Å². The predicted octanol–water partition coefficient (Wildman–Crippen LogP) is 3.29. The van der Waals surface area contributed by atoms with Crippen molar-refractivity contribution >= 4 is 34.0 Å². The van der Waals surface area contributed by atoms with Gasteiger partial charge in [0, 0.05) is 23.9 Å². The molecule has 0 bridgehead atoms. The molecule has 2 aromatic rings. The lowest BCUT2D eigenvalue weighted by atomic mass is 10.2. The van der Waals surface area contributed by atoms with Gasteiger partial charge in [-0.2, -0.15) is 0 Å². The number of thiazole rings is 1. The van der Waals surface area contributed by atoms with Crippen LogP contribution < -0.4 is 4.90 Å². The summed E-state index contributed by atoms with van der Waals surface area (Å²) in [5.74, 6) is -0.279. The van der Waals surface area contributed by atoms with Crippen molar-refractivity contribution in [1.29, 1.82) is 0 Å². The number of rotatable bonds is 2. The number of hydrogen-bond acceptors (Lipinski definition) is 3. The Balaban J connectivity index is 1.87. The molecule has 0 radical (unpaired) electrons. The van der Waals surface area contributed by atoms with Gasteiger partial charge in [-0.25, -0.2) is 9.37 Å². The average Bonchev–Trinajstić information content (AvgIpc) is 2.97. The summed E-state index contributed by atoms with van der Waals surface area (Å²) in [6.07, 6.45) is 0.354. The molecule has 19 heavy (non-hydrogen) atoms. The zero-order chi connectivity index (χ0) is 13.4. The van der Waals surface area contributed by atoms with Crippen LogP contribution in [0.2, 0.25) is 0 Å². The van der Waals surface area contributed by atoms with Crippen molar-refractivity contribution in [1.82, 2.24) is 4.98 Å². The largest absolute Gasteiger partial charge is 0.287 e. The maximum absolute atomic E-state index is 12.9. The Labute approximate surface area is 118 Å². The Hall–Kier alpha value is -1.46. The highest BCUT2D eigenvalue weighted by Crippen LogP contribution is 2.31. The van der Waals surface area contributed by atoms with E-state index in [4.69, 9.17) is 11.6 Å². The summed E-state index contributed by atoms with van der Waals surface area (Å²) in [5.41, 5.74) is 1.57. The smallest absolute Gasteiger partial charge is 0.230 e. The summed E-state index contributed by atoms with van der Waals surface area (Å²) in [4.78, 5) is 17.8. The highest BCUT2D eigenvalue weighted by Gasteiger charge is 2.30. The molecule has 1 saturated heterocycles. The van der Waals surface area contributed by atoms with Gasteiger partial charge in [0.15, 0.2) is 5.13 Å². The average molecular weight is 297 g/mol. The molecular weight excluding hydrogens is 287 g/mol. The van der Waals surface area contributed by atoms with Crippen LogP contribution in [-0.2, 0) is 4.79 Å². The van der Waals surface area contributed by atoms with Gasteiger partial charge in [-0.1, -0.05) is 0 Å². The number of nitrogens with zero attached hydrogens (tertiary/aromatic N) is 2. The van der Waals surface area contributed by atoms with Crippen LogP contribution in [0, 0.1) is 5.82 Å². The molecule has 1 aromatic carbocycles. The Bertz CT molecular complexity index is 613. The minimum Gasteiger partial charge on any atom is -0.287 e. The van der Waals surface area contributed by atoms with Crippen LogP contribution in [0.5, 0.6) is 0 Å². The van der Waals surface area contributed by atoms with Gasteiger partial charge >= 0.3 is 0 Å². The highest BCUT2D eigenvalue weighted by atomic mass is 35.5. The molecule has 1 amide bonds. The normalized spacial score (nSPS) is 19.2. The third-order valence-corrected chi connectivity index (χ3v) is 4.10. The predicted molar refractivity (Wildman–Crippen MR) is 74.1 cm³/mol. The summed E-state index contributed by atoms with van der Waals surface area (Å²) in [6, 6.07) is 6.13. The number of amides is 1. The van der Waals surface area contributed by atoms with Crippen LogP contribution in [-0.4, -0.2) is 22.8 Å². The number of alkyl halides is 1. The minimum atomic E-state index is -0.279. The number of carbonyl (C=O) groups excluding carboxylic acids is 1. The fourth-order valence-corrected chi connectivity index (χ4v) is 3.12. The van der Waals surface area contributed by atoms with E-state index in [0.29, 0.717) is 18.1 Å². The molecule has 1 aliphatic rings. The molecule has 98 valence electrons. The maximum atomic E-state index is 12.9. The second kappa shape index (κ2) is 4.90. The van der Waals surface area contributed by atoms with Crippen LogP contribution in [0.15, 0.2) is 29.6 Å². The van der Waals surface area contributed by atoms with Crippen molar-refractivity contribution in [3.05, 3.63) is 35.5 Å². The molecule has 0 spiro atoms. The number of anilines is 1. The number of carbonyl (C=O) groups is 1. The Morgan fingerprint density at radius 3 is 2.74 bits per heavy atom. The summed E-state index contributed by atoms with van der Waals surface area (Å²) >= 11 is 7.36. The number of halogens is 2. The second-order valence-corrected chi connectivity index (χ2v) is 5.78. The third kappa shape index (κ3) is 2.48. The van der Waals surface area contributed by atoms with Gasteiger partial charge in [0.05, 0.1) is 11.1 Å². The first-order valence-corrected chi connectivity index (χ1v) is 7.11. The molecule has 3 nitrogen and oxygen atoms in total. The first-order valence-electron chi connectivity index (χ1n) is 5.79. The molecule has 1 atom stereocenters. The van der Waals surface area contributed by atoms with E-state index in [1.165, 1.54) is 23.5 Å². The standard InChI is InChI=1S/C13H10ClFN2OS/c14-9-5-12(18)17(6-9)13-16-11(7-19-13)8-1-3-10(15)4-2-8/h1-4,7,9H,5-6H2. The van der Waals surface area contributed by atoms with Crippen molar-refractivity contribution < 1.29 is 9.18 Å². The lowest BCUT2D eigenvalue weighted by Crippen LogP contribution is -2.24. The van der Waals surface area contributed by atoms with E-state index in [1.807, 2.05) is 5.38 Å². The van der Waals surface area contributed by atoms with Crippen molar-refractivity contribution in [2.75, 3.05) is 11.4 Å². The van der Waals surface area contributed by atoms with E-state index in [0.717, 1.165) is 11.3 Å². The maximum Gasteiger partial charge on any atom is 0.230 e. The van der Waals surface area contributed by atoms with Gasteiger partial charge in [0.2, 0.25) is 5.91 Å². The molecule has 0 N–H and O–H groups in total. The van der Waals surface area contributed by atoms with Crippen LogP contribution >= 0.6 is 22.9 Å². The van der Waals surface area contributed by atoms with Gasteiger partial charge in [-0.15, -0.1) is 22.9 Å². The summed E-state index contributed by atoms with van der Waals surface area (Å²) < 4.78 is 12.9. The van der Waals surface area contributed by atoms with E-state index in [1.54, 1.807) is 17.0 Å². The number of hydrogen-bond donors (Lipinski definition) is 0. The van der Waals surface area contributed by atoms with Crippen molar-refractivity contribution in [3.63, 3.8) is 0 Å². The molecule has 1 aliphatic heterocycles. The summed E-state index contributed by atoms with van der Waals surface area (Å²) in [6.45, 7) is 0.497. The molecule has 0 aliphatic carbocycles. The third-order valence-electron chi connectivity index (χ3n) is 2.94. The molecule has 2 heterocycles. The molecule has 3 rings (SSSR count). The SMILES string of the molecule is O=C1CC(Cl)CN1c1nc(-c2ccc(F)cc2)cs1. The fraction of sp³-hybridized carbons (Fsp3) is 0.231. The van der Waals surface area contributed by atoms with E-state index >= 15 is 0 Å². The monoisotopic (exact) mass is 296 g/mol. The number of benzene rings is 1. The van der Waals surface area contributed by atoms with Crippen molar-refractivity contribution in [3.8, 4) is 11.3 Å². The molecule has 1 aromatic heterocycles. The Morgan fingerprint density at radius 2 is 2.11 bits per heavy atom. The van der Waals surface area contributed by atoms with Crippen LogP contribution in [0.3, 0.4) is 0 Å². The van der Waals surface area contributed by atoms with E-state index in [-0.39, 0.29) is 17.1 Å². The summed E-state index contributed by atoms with van der Waals surface area (Å²) in [7, 11) is 0. The topological polar surface area (TPSA) is 33.2 Å². The van der Waals surface area contributed by atoms with Crippen molar-refractivity contribution in [2.45, 2.75) is 11.8 Å². The molecule has 6 heteroatoms. The van der Waals surface area contributed by atoms with Crippen LogP contribution in [0.4, 0.5) is 9.52 Å². The van der Waals surface area contributed by atoms with Crippen LogP contribution in [0.1, 0.15) is 6.42 Å². The van der Waals surface area contributed by atoms with Crippen molar-refractivity contribution in [2.24, 2.45) is 0 Å². The molecular formula is C13H10ClFN2OS. The number of aromatic nitrogens is 1. The molecule has 1 fully saturated rings. The molecule has 0 saturated carbocycles. The molecule has 1 unspecified atom stereocenters. The highest BCUT2D eigenvalue weighted by molar-refractivity contribution is 7.14. The fourth-order valence-electron chi connectivity index (χ4n) is 1.99. The Kier molecular flexibility index (Phi) is 3.24. The first-order chi connectivity index (χ1) is 9.13. The van der Waals surface area contributed by atoms with Gasteiger partial charge in [0.1, 0.15) is 5.82 Å². The van der Waals surface area contributed by atoms with Gasteiger partial charge in [-0.05, 0) is 24.3 Å². The lowest BCUT2D eigenvalue weighted by molar-refractivity contribution is -0.117. The van der Waals surface area contributed by atoms with E-state index in [9.17, 15) is 9.18 Å². The van der Waals surface area contributed by atoms with E-state index in [2.05, 4.69) is 4.98 Å². The zero-order valence-electron chi connectivity index (χ0n) is 9.85.